The number of ether oxygens (including phenoxy) is 1. The zero-order valence-corrected chi connectivity index (χ0v) is 13.2. The Morgan fingerprint density at radius 3 is 3.05 bits per heavy atom. The minimum absolute atomic E-state index is 0.0407. The molecule has 1 aliphatic rings. The Morgan fingerprint density at radius 2 is 2.29 bits per heavy atom. The Hall–Kier alpha value is -1.02. The lowest BCUT2D eigenvalue weighted by atomic mass is 10.3. The van der Waals surface area contributed by atoms with E-state index in [0.717, 1.165) is 56.4 Å². The fourth-order valence-corrected chi connectivity index (χ4v) is 3.04. The molecule has 0 aliphatic carbocycles. The number of carbonyl (C=O) groups excluding carboxylic acids is 1. The fraction of sp³-hybridized carbons (Fsp3) is 0.714. The first-order chi connectivity index (χ1) is 10.3. The van der Waals surface area contributed by atoms with Crippen LogP contribution in [0.3, 0.4) is 0 Å². The summed E-state index contributed by atoms with van der Waals surface area (Å²) in [7, 11) is 0. The number of hydrogen-bond donors (Lipinski definition) is 2. The summed E-state index contributed by atoms with van der Waals surface area (Å²) in [4.78, 5) is 18.6. The summed E-state index contributed by atoms with van der Waals surface area (Å²) in [6, 6.07) is 0. The van der Waals surface area contributed by atoms with E-state index < -0.39 is 0 Å². The van der Waals surface area contributed by atoms with Gasteiger partial charge in [-0.15, -0.1) is 11.3 Å². The largest absolute Gasteiger partial charge is 0.379 e. The second-order valence-corrected chi connectivity index (χ2v) is 6.05. The lowest BCUT2D eigenvalue weighted by molar-refractivity contribution is -0.120. The Morgan fingerprint density at radius 1 is 1.48 bits per heavy atom. The molecular formula is C14H24N4O2S. The number of nitrogens with one attached hydrogen (secondary N) is 1. The van der Waals surface area contributed by atoms with Crippen molar-refractivity contribution >= 4 is 17.2 Å². The molecule has 21 heavy (non-hydrogen) atoms. The number of carbonyl (C=O) groups is 1. The van der Waals surface area contributed by atoms with Gasteiger partial charge in [-0.1, -0.05) is 0 Å². The number of thiazole rings is 1. The lowest BCUT2D eigenvalue weighted by Gasteiger charge is -2.26. The summed E-state index contributed by atoms with van der Waals surface area (Å²) in [5, 5.41) is 5.99. The Kier molecular flexibility index (Phi) is 7.08. The highest BCUT2D eigenvalue weighted by Crippen LogP contribution is 2.12. The number of aryl methyl sites for hydroxylation is 1. The van der Waals surface area contributed by atoms with Gasteiger partial charge in [0.2, 0.25) is 5.91 Å². The molecule has 2 heterocycles. The van der Waals surface area contributed by atoms with Crippen LogP contribution >= 0.6 is 11.3 Å². The number of rotatable bonds is 8. The van der Waals surface area contributed by atoms with Crippen molar-refractivity contribution in [3.05, 3.63) is 16.1 Å². The molecule has 0 atom stereocenters. The first-order valence-corrected chi connectivity index (χ1v) is 8.36. The molecule has 1 amide bonds. The quantitative estimate of drug-likeness (QED) is 0.708. The standard InChI is InChI=1S/C14H24N4O2S/c15-3-1-2-14-17-12(11-21-14)10-13(19)16-4-5-18-6-8-20-9-7-18/h11H,1-10,15H2,(H,16,19). The van der Waals surface area contributed by atoms with Crippen molar-refractivity contribution in [2.24, 2.45) is 5.73 Å². The molecule has 0 bridgehead atoms. The van der Waals surface area contributed by atoms with E-state index in [1.54, 1.807) is 11.3 Å². The third kappa shape index (κ3) is 6.09. The van der Waals surface area contributed by atoms with Crippen molar-refractivity contribution in [1.29, 1.82) is 0 Å². The zero-order chi connectivity index (χ0) is 14.9. The molecule has 0 aromatic carbocycles. The van der Waals surface area contributed by atoms with Crippen LogP contribution < -0.4 is 11.1 Å². The van der Waals surface area contributed by atoms with Crippen molar-refractivity contribution < 1.29 is 9.53 Å². The molecule has 3 N–H and O–H groups in total. The van der Waals surface area contributed by atoms with E-state index in [9.17, 15) is 4.79 Å². The predicted molar refractivity (Wildman–Crippen MR) is 83.5 cm³/mol. The van der Waals surface area contributed by atoms with Gasteiger partial charge in [0.15, 0.2) is 0 Å². The maximum atomic E-state index is 11.9. The molecule has 0 unspecified atom stereocenters. The number of nitrogens with zero attached hydrogens (tertiary/aromatic N) is 2. The Bertz CT molecular complexity index is 432. The van der Waals surface area contributed by atoms with E-state index >= 15 is 0 Å². The van der Waals surface area contributed by atoms with Crippen LogP contribution in [0.5, 0.6) is 0 Å². The molecular weight excluding hydrogens is 288 g/mol. The van der Waals surface area contributed by atoms with E-state index in [0.29, 0.717) is 19.5 Å². The topological polar surface area (TPSA) is 80.5 Å². The molecule has 0 radical (unpaired) electrons. The molecule has 7 heteroatoms. The summed E-state index contributed by atoms with van der Waals surface area (Å²) < 4.78 is 5.29. The number of aromatic nitrogens is 1. The molecule has 2 rings (SSSR count). The highest BCUT2D eigenvalue weighted by atomic mass is 32.1. The number of morpholine rings is 1. The first-order valence-electron chi connectivity index (χ1n) is 7.48. The summed E-state index contributed by atoms with van der Waals surface area (Å²) in [5.41, 5.74) is 6.34. The van der Waals surface area contributed by atoms with Gasteiger partial charge in [0, 0.05) is 38.0 Å². The Labute approximate surface area is 129 Å². The summed E-state index contributed by atoms with van der Waals surface area (Å²) >= 11 is 1.61. The van der Waals surface area contributed by atoms with Gasteiger partial charge in [-0.25, -0.2) is 4.98 Å². The summed E-state index contributed by atoms with van der Waals surface area (Å²) in [5.74, 6) is 0.0407. The maximum absolute atomic E-state index is 11.9. The van der Waals surface area contributed by atoms with Crippen LogP contribution in [0, 0.1) is 0 Å². The van der Waals surface area contributed by atoms with Gasteiger partial charge in [0.1, 0.15) is 0 Å². The number of nitrogens with two attached hydrogens (primary N) is 1. The third-order valence-corrected chi connectivity index (χ3v) is 4.35. The van der Waals surface area contributed by atoms with E-state index in [-0.39, 0.29) is 5.91 Å². The molecule has 0 spiro atoms. The van der Waals surface area contributed by atoms with Gasteiger partial charge in [-0.05, 0) is 13.0 Å². The number of amides is 1. The van der Waals surface area contributed by atoms with E-state index in [4.69, 9.17) is 10.5 Å². The smallest absolute Gasteiger partial charge is 0.226 e. The summed E-state index contributed by atoms with van der Waals surface area (Å²) in [6.45, 7) is 5.73. The van der Waals surface area contributed by atoms with Gasteiger partial charge in [0.05, 0.1) is 30.3 Å². The van der Waals surface area contributed by atoms with Crippen LogP contribution in [-0.4, -0.2) is 61.7 Å². The van der Waals surface area contributed by atoms with Crippen molar-refractivity contribution in [1.82, 2.24) is 15.2 Å². The molecule has 118 valence electrons. The van der Waals surface area contributed by atoms with Crippen LogP contribution in [0.2, 0.25) is 0 Å². The van der Waals surface area contributed by atoms with Crippen LogP contribution in [-0.2, 0) is 22.4 Å². The van der Waals surface area contributed by atoms with Gasteiger partial charge in [-0.2, -0.15) is 0 Å². The molecule has 0 saturated carbocycles. The summed E-state index contributed by atoms with van der Waals surface area (Å²) in [6.07, 6.45) is 2.21. The average Bonchev–Trinajstić information content (AvgIpc) is 2.93. The van der Waals surface area contributed by atoms with Crippen LogP contribution in [0.4, 0.5) is 0 Å². The molecule has 1 fully saturated rings. The fourth-order valence-electron chi connectivity index (χ4n) is 2.20. The monoisotopic (exact) mass is 312 g/mol. The van der Waals surface area contributed by atoms with Crippen molar-refractivity contribution in [3.63, 3.8) is 0 Å². The highest BCUT2D eigenvalue weighted by molar-refractivity contribution is 7.09. The second kappa shape index (κ2) is 9.09. The first kappa shape index (κ1) is 16.4. The van der Waals surface area contributed by atoms with E-state index in [1.165, 1.54) is 0 Å². The van der Waals surface area contributed by atoms with Gasteiger partial charge < -0.3 is 15.8 Å². The van der Waals surface area contributed by atoms with Crippen molar-refractivity contribution in [2.45, 2.75) is 19.3 Å². The third-order valence-electron chi connectivity index (χ3n) is 3.39. The van der Waals surface area contributed by atoms with Crippen LogP contribution in [0.15, 0.2) is 5.38 Å². The minimum atomic E-state index is 0.0407. The molecule has 1 aromatic rings. The lowest BCUT2D eigenvalue weighted by Crippen LogP contribution is -2.41. The molecule has 1 saturated heterocycles. The van der Waals surface area contributed by atoms with Gasteiger partial charge in [0.25, 0.3) is 0 Å². The molecule has 1 aromatic heterocycles. The zero-order valence-electron chi connectivity index (χ0n) is 12.3. The predicted octanol–water partition coefficient (Wildman–Crippen LogP) is 0.0253. The van der Waals surface area contributed by atoms with Crippen molar-refractivity contribution in [2.75, 3.05) is 45.9 Å². The van der Waals surface area contributed by atoms with Crippen LogP contribution in [0.25, 0.3) is 0 Å². The maximum Gasteiger partial charge on any atom is 0.226 e. The van der Waals surface area contributed by atoms with Gasteiger partial charge >= 0.3 is 0 Å². The molecule has 1 aliphatic heterocycles. The van der Waals surface area contributed by atoms with E-state index in [2.05, 4.69) is 15.2 Å². The highest BCUT2D eigenvalue weighted by Gasteiger charge is 2.11. The van der Waals surface area contributed by atoms with Gasteiger partial charge in [-0.3, -0.25) is 9.69 Å². The van der Waals surface area contributed by atoms with Crippen molar-refractivity contribution in [3.8, 4) is 0 Å². The van der Waals surface area contributed by atoms with Crippen LogP contribution in [0.1, 0.15) is 17.1 Å². The number of hydrogen-bond acceptors (Lipinski definition) is 6. The second-order valence-electron chi connectivity index (χ2n) is 5.11. The minimum Gasteiger partial charge on any atom is -0.379 e. The molecule has 6 nitrogen and oxygen atoms in total. The van der Waals surface area contributed by atoms with E-state index in [1.807, 2.05) is 5.38 Å². The Balaban J connectivity index is 1.63. The normalized spacial score (nSPS) is 16.0. The average molecular weight is 312 g/mol. The SMILES string of the molecule is NCCCc1nc(CC(=O)NCCN2CCOCC2)cs1.